The molecule has 7 heteroatoms. The van der Waals surface area contributed by atoms with E-state index >= 15 is 0 Å². The standard InChI is InChI=1S/C21H22N6O/c22-10-14-6-4-5-9-18(14)26-12-15(13-26)19-24-20-17(21(28)25-19)11-23-27(20)16-7-2-1-3-8-16/h4-6,9,11,15-16H,1-3,7-8,12-13H2,(H,24,25,28). The normalized spacial score (nSPS) is 18.2. The molecule has 5 rings (SSSR count). The second-order valence-electron chi connectivity index (χ2n) is 7.80. The van der Waals surface area contributed by atoms with Gasteiger partial charge in [-0.25, -0.2) is 9.67 Å². The van der Waals surface area contributed by atoms with E-state index in [1.165, 1.54) is 19.3 Å². The van der Waals surface area contributed by atoms with Crippen molar-refractivity contribution < 1.29 is 0 Å². The van der Waals surface area contributed by atoms with Crippen LogP contribution in [-0.4, -0.2) is 32.8 Å². The fourth-order valence-electron chi connectivity index (χ4n) is 4.43. The van der Waals surface area contributed by atoms with E-state index in [2.05, 4.69) is 21.1 Å². The molecule has 1 aliphatic carbocycles. The van der Waals surface area contributed by atoms with Crippen LogP contribution in [-0.2, 0) is 0 Å². The van der Waals surface area contributed by atoms with Crippen LogP contribution in [0.3, 0.4) is 0 Å². The van der Waals surface area contributed by atoms with Gasteiger partial charge in [-0.3, -0.25) is 4.79 Å². The van der Waals surface area contributed by atoms with Gasteiger partial charge in [-0.2, -0.15) is 10.4 Å². The van der Waals surface area contributed by atoms with Gasteiger partial charge in [0.15, 0.2) is 5.65 Å². The van der Waals surface area contributed by atoms with Gasteiger partial charge < -0.3 is 9.88 Å². The topological polar surface area (TPSA) is 90.6 Å². The van der Waals surface area contributed by atoms with Gasteiger partial charge >= 0.3 is 0 Å². The number of hydrogen-bond donors (Lipinski definition) is 1. The van der Waals surface area contributed by atoms with Crippen LogP contribution in [0.4, 0.5) is 5.69 Å². The highest BCUT2D eigenvalue weighted by atomic mass is 16.1. The SMILES string of the molecule is N#Cc1ccccc1N1CC(c2nc3c(cnn3C3CCCCC3)c(=O)[nH]2)C1. The molecule has 142 valence electrons. The Balaban J connectivity index is 1.43. The number of H-pyrrole nitrogens is 1. The first-order valence-electron chi connectivity index (χ1n) is 9.96. The van der Waals surface area contributed by atoms with Crippen molar-refractivity contribution in [1.82, 2.24) is 19.7 Å². The molecule has 7 nitrogen and oxygen atoms in total. The first kappa shape index (κ1) is 17.0. The van der Waals surface area contributed by atoms with E-state index in [9.17, 15) is 10.1 Å². The predicted molar refractivity (Wildman–Crippen MR) is 106 cm³/mol. The lowest BCUT2D eigenvalue weighted by atomic mass is 9.95. The molecule has 0 radical (unpaired) electrons. The summed E-state index contributed by atoms with van der Waals surface area (Å²) in [4.78, 5) is 22.5. The number of aromatic amines is 1. The minimum Gasteiger partial charge on any atom is -0.369 e. The summed E-state index contributed by atoms with van der Waals surface area (Å²) in [5, 5.41) is 14.4. The summed E-state index contributed by atoms with van der Waals surface area (Å²) in [5.74, 6) is 0.874. The molecule has 2 aliphatic rings. The van der Waals surface area contributed by atoms with E-state index in [1.54, 1.807) is 6.20 Å². The first-order chi connectivity index (χ1) is 13.7. The van der Waals surface area contributed by atoms with Crippen molar-refractivity contribution in [1.29, 1.82) is 5.26 Å². The van der Waals surface area contributed by atoms with E-state index in [4.69, 9.17) is 4.98 Å². The Bertz CT molecular complexity index is 1110. The lowest BCUT2D eigenvalue weighted by Crippen LogP contribution is -2.46. The third-order valence-electron chi connectivity index (χ3n) is 6.04. The van der Waals surface area contributed by atoms with Gasteiger partial charge in [-0.05, 0) is 25.0 Å². The number of para-hydroxylation sites is 1. The fourth-order valence-corrected chi connectivity index (χ4v) is 4.43. The highest BCUT2D eigenvalue weighted by Crippen LogP contribution is 2.33. The molecule has 0 spiro atoms. The van der Waals surface area contributed by atoms with Gasteiger partial charge in [-0.1, -0.05) is 31.4 Å². The van der Waals surface area contributed by atoms with Crippen LogP contribution in [0.15, 0.2) is 35.3 Å². The number of fused-ring (bicyclic) bond motifs is 1. The molecule has 0 unspecified atom stereocenters. The first-order valence-corrected chi connectivity index (χ1v) is 9.96. The zero-order chi connectivity index (χ0) is 19.1. The van der Waals surface area contributed by atoms with Crippen LogP contribution in [0.1, 0.15) is 55.5 Å². The molecular weight excluding hydrogens is 352 g/mol. The summed E-state index contributed by atoms with van der Waals surface area (Å²) in [6, 6.07) is 10.2. The zero-order valence-corrected chi connectivity index (χ0v) is 15.6. The van der Waals surface area contributed by atoms with Crippen molar-refractivity contribution in [2.75, 3.05) is 18.0 Å². The Kier molecular flexibility index (Phi) is 4.12. The minimum atomic E-state index is -0.113. The third-order valence-corrected chi connectivity index (χ3v) is 6.04. The number of benzene rings is 1. The molecular formula is C21H22N6O. The van der Waals surface area contributed by atoms with E-state index in [-0.39, 0.29) is 11.5 Å². The number of hydrogen-bond acceptors (Lipinski definition) is 5. The Morgan fingerprint density at radius 1 is 1.14 bits per heavy atom. The van der Waals surface area contributed by atoms with E-state index in [0.717, 1.165) is 37.4 Å². The summed E-state index contributed by atoms with van der Waals surface area (Å²) in [5.41, 5.74) is 2.21. The van der Waals surface area contributed by atoms with Crippen LogP contribution in [0.5, 0.6) is 0 Å². The van der Waals surface area contributed by atoms with Crippen LogP contribution < -0.4 is 10.5 Å². The average molecular weight is 374 g/mol. The maximum Gasteiger partial charge on any atom is 0.262 e. The molecule has 0 bridgehead atoms. The van der Waals surface area contributed by atoms with Crippen LogP contribution in [0, 0.1) is 11.3 Å². The maximum absolute atomic E-state index is 12.6. The van der Waals surface area contributed by atoms with Crippen molar-refractivity contribution in [2.45, 2.75) is 44.1 Å². The number of nitriles is 1. The molecule has 0 amide bonds. The van der Waals surface area contributed by atoms with Crippen LogP contribution in [0.25, 0.3) is 11.0 Å². The molecule has 3 heterocycles. The van der Waals surface area contributed by atoms with Crippen molar-refractivity contribution >= 4 is 16.7 Å². The Labute approximate surface area is 162 Å². The summed E-state index contributed by atoms with van der Waals surface area (Å²) in [6.45, 7) is 1.48. The van der Waals surface area contributed by atoms with Gasteiger partial charge in [0.2, 0.25) is 0 Å². The molecule has 0 atom stereocenters. The van der Waals surface area contributed by atoms with E-state index < -0.39 is 0 Å². The predicted octanol–water partition coefficient (Wildman–Crippen LogP) is 3.10. The highest BCUT2D eigenvalue weighted by Gasteiger charge is 2.32. The average Bonchev–Trinajstić information content (AvgIpc) is 3.12. The molecule has 1 aromatic carbocycles. The Morgan fingerprint density at radius 3 is 2.71 bits per heavy atom. The van der Waals surface area contributed by atoms with Gasteiger partial charge in [0.25, 0.3) is 5.56 Å². The summed E-state index contributed by atoms with van der Waals surface area (Å²) < 4.78 is 1.97. The van der Waals surface area contributed by atoms with Crippen molar-refractivity contribution in [3.05, 3.63) is 52.2 Å². The van der Waals surface area contributed by atoms with E-state index in [1.807, 2.05) is 28.9 Å². The fraction of sp³-hybridized carbons (Fsp3) is 0.429. The largest absolute Gasteiger partial charge is 0.369 e. The van der Waals surface area contributed by atoms with Gasteiger partial charge in [0.1, 0.15) is 17.3 Å². The minimum absolute atomic E-state index is 0.113. The Hall–Kier alpha value is -3.14. The second-order valence-corrected chi connectivity index (χ2v) is 7.80. The summed E-state index contributed by atoms with van der Waals surface area (Å²) in [7, 11) is 0. The second kappa shape index (κ2) is 6.79. The molecule has 2 aromatic heterocycles. The lowest BCUT2D eigenvalue weighted by Gasteiger charge is -2.40. The van der Waals surface area contributed by atoms with Crippen molar-refractivity contribution in [2.24, 2.45) is 0 Å². The number of anilines is 1. The van der Waals surface area contributed by atoms with Gasteiger partial charge in [0.05, 0.1) is 29.4 Å². The molecule has 1 N–H and O–H groups in total. The van der Waals surface area contributed by atoms with Crippen molar-refractivity contribution in [3.63, 3.8) is 0 Å². The monoisotopic (exact) mass is 374 g/mol. The third kappa shape index (κ3) is 2.76. The quantitative estimate of drug-likeness (QED) is 0.761. The highest BCUT2D eigenvalue weighted by molar-refractivity contribution is 5.73. The molecule has 1 saturated heterocycles. The molecule has 1 saturated carbocycles. The number of nitrogens with zero attached hydrogens (tertiary/aromatic N) is 5. The molecule has 2 fully saturated rings. The number of rotatable bonds is 3. The lowest BCUT2D eigenvalue weighted by molar-refractivity contribution is 0.335. The van der Waals surface area contributed by atoms with Gasteiger partial charge in [-0.15, -0.1) is 0 Å². The number of aromatic nitrogens is 4. The zero-order valence-electron chi connectivity index (χ0n) is 15.6. The molecule has 1 aliphatic heterocycles. The van der Waals surface area contributed by atoms with Gasteiger partial charge in [0, 0.05) is 13.1 Å². The molecule has 28 heavy (non-hydrogen) atoms. The molecule has 3 aromatic rings. The summed E-state index contributed by atoms with van der Waals surface area (Å²) in [6.07, 6.45) is 7.54. The van der Waals surface area contributed by atoms with Crippen LogP contribution >= 0.6 is 0 Å². The summed E-state index contributed by atoms with van der Waals surface area (Å²) >= 11 is 0. The van der Waals surface area contributed by atoms with E-state index in [0.29, 0.717) is 22.6 Å². The Morgan fingerprint density at radius 2 is 1.93 bits per heavy atom. The van der Waals surface area contributed by atoms with Crippen molar-refractivity contribution in [3.8, 4) is 6.07 Å². The number of nitrogens with one attached hydrogen (secondary N) is 1. The maximum atomic E-state index is 12.6. The van der Waals surface area contributed by atoms with Crippen LogP contribution in [0.2, 0.25) is 0 Å². The smallest absolute Gasteiger partial charge is 0.262 e.